The summed E-state index contributed by atoms with van der Waals surface area (Å²) in [7, 11) is 1.75. The minimum Gasteiger partial charge on any atom is -0.469 e. The van der Waals surface area contributed by atoms with Gasteiger partial charge in [0.05, 0.1) is 23.1 Å². The molecule has 0 N–H and O–H groups in total. The van der Waals surface area contributed by atoms with Crippen LogP contribution in [0.15, 0.2) is 113 Å². The Balaban J connectivity index is 1.66. The molecule has 0 amide bonds. The molecular weight excluding hydrogens is 460 g/mol. The van der Waals surface area contributed by atoms with Gasteiger partial charge < -0.3 is 4.42 Å². The monoisotopic (exact) mass is 490 g/mol. The number of Topliss-reactive ketones (excluding diaryl/α,β-unsaturated/α-hetero) is 1. The van der Waals surface area contributed by atoms with Crippen LogP contribution < -0.4 is 5.56 Å². The normalized spacial score (nSPS) is 13.1. The molecule has 2 atom stereocenters. The number of rotatable bonds is 9. The molecule has 5 aromatic rings. The maximum Gasteiger partial charge on any atom is 0.261 e. The molecule has 0 saturated carbocycles. The van der Waals surface area contributed by atoms with E-state index in [0.29, 0.717) is 29.6 Å². The second-order valence-corrected chi connectivity index (χ2v) is 9.41. The zero-order valence-corrected chi connectivity index (χ0v) is 21.1. The third-order valence-electron chi connectivity index (χ3n) is 7.19. The van der Waals surface area contributed by atoms with E-state index in [9.17, 15) is 9.59 Å². The molecule has 0 radical (unpaired) electrons. The lowest BCUT2D eigenvalue weighted by atomic mass is 9.74. The molecule has 0 bridgehead atoms. The molecule has 0 fully saturated rings. The lowest BCUT2D eigenvalue weighted by molar-refractivity contribution is -0.124. The van der Waals surface area contributed by atoms with Crippen LogP contribution in [0.25, 0.3) is 10.9 Å². The van der Waals surface area contributed by atoms with E-state index in [4.69, 9.17) is 9.40 Å². The second kappa shape index (κ2) is 10.8. The zero-order chi connectivity index (χ0) is 25.8. The average molecular weight is 491 g/mol. The van der Waals surface area contributed by atoms with Crippen LogP contribution in [-0.2, 0) is 18.3 Å². The van der Waals surface area contributed by atoms with E-state index in [-0.39, 0.29) is 17.3 Å². The van der Waals surface area contributed by atoms with Gasteiger partial charge in [-0.2, -0.15) is 0 Å². The summed E-state index contributed by atoms with van der Waals surface area (Å²) in [6.07, 6.45) is 2.70. The number of furan rings is 1. The Hall–Kier alpha value is -4.25. The first kappa shape index (κ1) is 24.4. The van der Waals surface area contributed by atoms with Gasteiger partial charge in [0.2, 0.25) is 0 Å². The number of hydrogen-bond acceptors (Lipinski definition) is 4. The van der Waals surface area contributed by atoms with Crippen molar-refractivity contribution in [3.8, 4) is 0 Å². The fourth-order valence-electron chi connectivity index (χ4n) is 5.33. The minimum atomic E-state index is -0.458. The fourth-order valence-corrected chi connectivity index (χ4v) is 5.33. The first-order valence-corrected chi connectivity index (χ1v) is 12.7. The Kier molecular flexibility index (Phi) is 7.13. The van der Waals surface area contributed by atoms with Crippen molar-refractivity contribution in [2.75, 3.05) is 0 Å². The zero-order valence-electron chi connectivity index (χ0n) is 21.1. The third-order valence-corrected chi connectivity index (χ3v) is 7.19. The molecule has 2 aromatic heterocycles. The second-order valence-electron chi connectivity index (χ2n) is 9.41. The summed E-state index contributed by atoms with van der Waals surface area (Å²) < 4.78 is 7.33. The predicted molar refractivity (Wildman–Crippen MR) is 146 cm³/mol. The summed E-state index contributed by atoms with van der Waals surface area (Å²) in [4.78, 5) is 32.8. The van der Waals surface area contributed by atoms with Gasteiger partial charge in [-0.1, -0.05) is 79.7 Å². The number of carbonyl (C=O) groups is 1. The molecule has 5 heteroatoms. The van der Waals surface area contributed by atoms with Crippen LogP contribution in [0, 0.1) is 5.92 Å². The maximum atomic E-state index is 14.6. The van der Waals surface area contributed by atoms with Gasteiger partial charge in [-0.25, -0.2) is 4.98 Å². The van der Waals surface area contributed by atoms with Crippen molar-refractivity contribution in [3.63, 3.8) is 0 Å². The van der Waals surface area contributed by atoms with Crippen molar-refractivity contribution < 1.29 is 9.21 Å². The highest BCUT2D eigenvalue weighted by Crippen LogP contribution is 2.37. The Morgan fingerprint density at radius 3 is 2.08 bits per heavy atom. The first-order chi connectivity index (χ1) is 18.1. The number of aromatic nitrogens is 2. The van der Waals surface area contributed by atoms with Gasteiger partial charge in [-0.05, 0) is 41.8 Å². The average Bonchev–Trinajstić information content (AvgIpc) is 3.46. The largest absolute Gasteiger partial charge is 0.469 e. The quantitative estimate of drug-likeness (QED) is 0.244. The summed E-state index contributed by atoms with van der Waals surface area (Å²) in [6, 6.07) is 30.9. The Bertz CT molecular complexity index is 1500. The van der Waals surface area contributed by atoms with Crippen molar-refractivity contribution in [2.45, 2.75) is 31.6 Å². The lowest BCUT2D eigenvalue weighted by Crippen LogP contribution is -2.34. The van der Waals surface area contributed by atoms with Gasteiger partial charge in [0.1, 0.15) is 17.4 Å². The molecule has 0 aliphatic carbocycles. The molecule has 37 heavy (non-hydrogen) atoms. The topological polar surface area (TPSA) is 65.1 Å². The van der Waals surface area contributed by atoms with Crippen molar-refractivity contribution >= 4 is 16.7 Å². The summed E-state index contributed by atoms with van der Waals surface area (Å²) in [5.41, 5.74) is 2.42. The van der Waals surface area contributed by atoms with Crippen LogP contribution >= 0.6 is 0 Å². The molecule has 5 nitrogen and oxygen atoms in total. The van der Waals surface area contributed by atoms with Gasteiger partial charge in [0.15, 0.2) is 0 Å². The smallest absolute Gasteiger partial charge is 0.261 e. The Labute approximate surface area is 216 Å². The number of fused-ring (bicyclic) bond motifs is 1. The van der Waals surface area contributed by atoms with E-state index in [1.54, 1.807) is 23.9 Å². The molecule has 0 saturated heterocycles. The molecule has 186 valence electrons. The highest BCUT2D eigenvalue weighted by Gasteiger charge is 2.37. The number of carbonyl (C=O) groups excluding carboxylic acids is 1. The van der Waals surface area contributed by atoms with E-state index >= 15 is 0 Å². The molecular formula is C32H30N2O3. The van der Waals surface area contributed by atoms with Crippen LogP contribution in [0.5, 0.6) is 0 Å². The van der Waals surface area contributed by atoms with Crippen molar-refractivity contribution in [3.05, 3.63) is 136 Å². The number of ketones is 1. The summed E-state index contributed by atoms with van der Waals surface area (Å²) in [5, 5.41) is 0.573. The number of para-hydroxylation sites is 1. The van der Waals surface area contributed by atoms with Crippen LogP contribution in [0.4, 0.5) is 0 Å². The first-order valence-electron chi connectivity index (χ1n) is 12.7. The van der Waals surface area contributed by atoms with Crippen molar-refractivity contribution in [1.82, 2.24) is 9.55 Å². The van der Waals surface area contributed by atoms with Crippen LogP contribution in [0.2, 0.25) is 0 Å². The summed E-state index contributed by atoms with van der Waals surface area (Å²) in [6.45, 7) is 2.05. The Morgan fingerprint density at radius 1 is 0.865 bits per heavy atom. The molecule has 3 aromatic carbocycles. The maximum absolute atomic E-state index is 14.6. The fraction of sp³-hybridized carbons (Fsp3) is 0.219. The summed E-state index contributed by atoms with van der Waals surface area (Å²) >= 11 is 0. The van der Waals surface area contributed by atoms with Crippen molar-refractivity contribution in [1.29, 1.82) is 0 Å². The highest BCUT2D eigenvalue weighted by atomic mass is 16.3. The summed E-state index contributed by atoms with van der Waals surface area (Å²) in [5.74, 6) is 0.256. The third kappa shape index (κ3) is 4.90. The van der Waals surface area contributed by atoms with Gasteiger partial charge in [-0.3, -0.25) is 14.2 Å². The highest BCUT2D eigenvalue weighted by molar-refractivity contribution is 5.92. The number of hydrogen-bond donors (Lipinski definition) is 0. The number of nitrogens with zero attached hydrogens (tertiary/aromatic N) is 2. The van der Waals surface area contributed by atoms with E-state index in [2.05, 4.69) is 6.92 Å². The van der Waals surface area contributed by atoms with Crippen LogP contribution in [0.3, 0.4) is 0 Å². The van der Waals surface area contributed by atoms with E-state index in [1.165, 1.54) is 0 Å². The van der Waals surface area contributed by atoms with Crippen molar-refractivity contribution in [2.24, 2.45) is 13.0 Å². The standard InChI is InChI=1S/C32H30N2O3/c1-3-25(31-33-28-19-11-10-18-26(28)32(36)34(31)2)27(21-24-17-12-20-37-24)30(35)29(22-13-6-4-7-14-22)23-15-8-5-9-16-23/h4-20,25,27,29H,3,21H2,1-2H3. The molecule has 2 unspecified atom stereocenters. The molecule has 5 rings (SSSR count). The Morgan fingerprint density at radius 2 is 1.49 bits per heavy atom. The van der Waals surface area contributed by atoms with E-state index in [1.807, 2.05) is 91.0 Å². The van der Waals surface area contributed by atoms with Gasteiger partial charge in [0.25, 0.3) is 5.56 Å². The SMILES string of the molecule is CCC(c1nc2ccccc2c(=O)n1C)C(Cc1ccco1)C(=O)C(c1ccccc1)c1ccccc1. The molecule has 0 aliphatic heterocycles. The van der Waals surface area contributed by atoms with Crippen LogP contribution in [-0.4, -0.2) is 15.3 Å². The predicted octanol–water partition coefficient (Wildman–Crippen LogP) is 6.28. The molecule has 0 aliphatic rings. The van der Waals surface area contributed by atoms with E-state index < -0.39 is 11.8 Å². The van der Waals surface area contributed by atoms with Gasteiger partial charge >= 0.3 is 0 Å². The van der Waals surface area contributed by atoms with Gasteiger partial charge in [0, 0.05) is 25.3 Å². The minimum absolute atomic E-state index is 0.0862. The van der Waals surface area contributed by atoms with E-state index in [0.717, 1.165) is 16.9 Å². The molecule has 2 heterocycles. The van der Waals surface area contributed by atoms with Gasteiger partial charge in [-0.15, -0.1) is 0 Å². The lowest BCUT2D eigenvalue weighted by Gasteiger charge is -2.29. The number of benzene rings is 3. The molecule has 0 spiro atoms. The van der Waals surface area contributed by atoms with Crippen LogP contribution in [0.1, 0.15) is 47.9 Å².